The Kier molecular flexibility index (Phi) is 6.22. The van der Waals surface area contributed by atoms with E-state index in [0.29, 0.717) is 23.3 Å². The summed E-state index contributed by atoms with van der Waals surface area (Å²) in [6, 6.07) is 1.07. The number of Topliss-reactive ketones (excluding diaryl/α,β-unsaturated/α-hetero) is 1. The zero-order valence-corrected chi connectivity index (χ0v) is 16.3. The third kappa shape index (κ3) is 4.31. The van der Waals surface area contributed by atoms with E-state index in [0.717, 1.165) is 37.1 Å². The lowest BCUT2D eigenvalue weighted by atomic mass is 9.48. The predicted octanol–water partition coefficient (Wildman–Crippen LogP) is 5.09. The van der Waals surface area contributed by atoms with E-state index >= 15 is 0 Å². The first-order valence-corrected chi connectivity index (χ1v) is 9.64. The van der Waals surface area contributed by atoms with Crippen LogP contribution in [0, 0.1) is 23.2 Å². The lowest BCUT2D eigenvalue weighted by Crippen LogP contribution is -2.47. The van der Waals surface area contributed by atoms with Crippen molar-refractivity contribution in [2.24, 2.45) is 23.2 Å². The molecule has 0 saturated heterocycles. The van der Waals surface area contributed by atoms with Crippen molar-refractivity contribution in [2.45, 2.75) is 91.1 Å². The number of nitrogens with zero attached hydrogens (tertiary/aromatic N) is 1. The van der Waals surface area contributed by atoms with E-state index in [-0.39, 0.29) is 12.4 Å². The fourth-order valence-corrected chi connectivity index (χ4v) is 6.38. The van der Waals surface area contributed by atoms with Gasteiger partial charge in [0.15, 0.2) is 0 Å². The SMILES string of the molecule is CC(C)N(CCC(=O)CC12CC3CC(CC(C3)C1)C2)C(C)C.Cl. The molecule has 4 rings (SSSR count). The maximum absolute atomic E-state index is 12.7. The van der Waals surface area contributed by atoms with Crippen molar-refractivity contribution >= 4 is 18.2 Å². The molecule has 0 amide bonds. The lowest BCUT2D eigenvalue weighted by molar-refractivity contribution is -0.127. The Morgan fingerprint density at radius 1 is 0.957 bits per heavy atom. The quantitative estimate of drug-likeness (QED) is 0.642. The van der Waals surface area contributed by atoms with Crippen molar-refractivity contribution in [1.29, 1.82) is 0 Å². The molecule has 0 heterocycles. The van der Waals surface area contributed by atoms with Crippen molar-refractivity contribution in [3.8, 4) is 0 Å². The van der Waals surface area contributed by atoms with Gasteiger partial charge in [-0.05, 0) is 89.4 Å². The Morgan fingerprint density at radius 2 is 1.39 bits per heavy atom. The molecule has 4 saturated carbocycles. The van der Waals surface area contributed by atoms with Crippen LogP contribution < -0.4 is 0 Å². The van der Waals surface area contributed by atoms with Gasteiger partial charge >= 0.3 is 0 Å². The molecule has 0 aromatic carbocycles. The molecule has 4 aliphatic rings. The van der Waals surface area contributed by atoms with E-state index in [1.807, 2.05) is 0 Å². The Morgan fingerprint density at radius 3 is 1.78 bits per heavy atom. The van der Waals surface area contributed by atoms with Crippen molar-refractivity contribution in [1.82, 2.24) is 4.90 Å². The van der Waals surface area contributed by atoms with Gasteiger partial charge in [0.05, 0.1) is 0 Å². The zero-order valence-electron chi connectivity index (χ0n) is 15.5. The van der Waals surface area contributed by atoms with E-state index in [1.54, 1.807) is 0 Å². The highest BCUT2D eigenvalue weighted by Crippen LogP contribution is 2.61. The topological polar surface area (TPSA) is 20.3 Å². The highest BCUT2D eigenvalue weighted by atomic mass is 35.5. The molecular formula is C20H36ClNO. The third-order valence-electron chi connectivity index (χ3n) is 6.71. The maximum Gasteiger partial charge on any atom is 0.134 e. The van der Waals surface area contributed by atoms with E-state index in [2.05, 4.69) is 32.6 Å². The van der Waals surface area contributed by atoms with Crippen molar-refractivity contribution in [3.05, 3.63) is 0 Å². The summed E-state index contributed by atoms with van der Waals surface area (Å²) in [5, 5.41) is 0. The molecule has 0 aliphatic heterocycles. The van der Waals surface area contributed by atoms with Gasteiger partial charge in [0, 0.05) is 31.5 Å². The van der Waals surface area contributed by atoms with E-state index in [4.69, 9.17) is 0 Å². The molecule has 0 N–H and O–H groups in total. The standard InChI is InChI=1S/C20H35NO.ClH/c1-14(2)21(15(3)4)6-5-19(22)13-20-10-16-7-17(11-20)9-18(8-16)12-20;/h14-18H,5-13H2,1-4H3;1H. The van der Waals surface area contributed by atoms with Crippen LogP contribution in [0.2, 0.25) is 0 Å². The molecule has 0 radical (unpaired) electrons. The maximum atomic E-state index is 12.7. The van der Waals surface area contributed by atoms with Gasteiger partial charge in [-0.3, -0.25) is 9.69 Å². The number of halogens is 1. The predicted molar refractivity (Wildman–Crippen MR) is 99.1 cm³/mol. The summed E-state index contributed by atoms with van der Waals surface area (Å²) in [6.45, 7) is 9.90. The van der Waals surface area contributed by atoms with Crippen LogP contribution in [0.5, 0.6) is 0 Å². The summed E-state index contributed by atoms with van der Waals surface area (Å²) in [5.74, 6) is 3.42. The van der Waals surface area contributed by atoms with Crippen LogP contribution in [0.3, 0.4) is 0 Å². The minimum absolute atomic E-state index is 0. The van der Waals surface area contributed by atoms with E-state index in [1.165, 1.54) is 38.5 Å². The molecule has 0 aromatic rings. The van der Waals surface area contributed by atoms with Gasteiger partial charge in [0.1, 0.15) is 5.78 Å². The minimum atomic E-state index is 0. The van der Waals surface area contributed by atoms with Crippen molar-refractivity contribution < 1.29 is 4.79 Å². The van der Waals surface area contributed by atoms with Gasteiger partial charge in [-0.1, -0.05) is 0 Å². The number of carbonyl (C=O) groups excluding carboxylic acids is 1. The number of hydrogen-bond donors (Lipinski definition) is 0. The molecule has 23 heavy (non-hydrogen) atoms. The number of carbonyl (C=O) groups is 1. The van der Waals surface area contributed by atoms with E-state index < -0.39 is 0 Å². The summed E-state index contributed by atoms with van der Waals surface area (Å²) < 4.78 is 0. The molecule has 4 aliphatic carbocycles. The Balaban J connectivity index is 0.00000192. The van der Waals surface area contributed by atoms with Crippen LogP contribution in [0.4, 0.5) is 0 Å². The van der Waals surface area contributed by atoms with E-state index in [9.17, 15) is 4.79 Å². The molecule has 0 atom stereocenters. The second-order valence-corrected chi connectivity index (χ2v) is 9.31. The smallest absolute Gasteiger partial charge is 0.134 e. The fraction of sp³-hybridized carbons (Fsp3) is 0.950. The zero-order chi connectivity index (χ0) is 15.9. The Hall–Kier alpha value is -0.0800. The fourth-order valence-electron chi connectivity index (χ4n) is 6.38. The summed E-state index contributed by atoms with van der Waals surface area (Å²) in [6.07, 6.45) is 10.2. The molecule has 0 spiro atoms. The van der Waals surface area contributed by atoms with Gasteiger partial charge in [0.25, 0.3) is 0 Å². The van der Waals surface area contributed by atoms with Crippen LogP contribution >= 0.6 is 12.4 Å². The largest absolute Gasteiger partial charge is 0.300 e. The molecule has 0 unspecified atom stereocenters. The minimum Gasteiger partial charge on any atom is -0.300 e. The first kappa shape index (κ1) is 19.2. The van der Waals surface area contributed by atoms with Crippen LogP contribution in [0.25, 0.3) is 0 Å². The van der Waals surface area contributed by atoms with Crippen molar-refractivity contribution in [2.75, 3.05) is 6.54 Å². The Labute approximate surface area is 149 Å². The van der Waals surface area contributed by atoms with Gasteiger partial charge in [-0.25, -0.2) is 0 Å². The molecule has 4 bridgehead atoms. The van der Waals surface area contributed by atoms with Crippen molar-refractivity contribution in [3.63, 3.8) is 0 Å². The summed E-state index contributed by atoms with van der Waals surface area (Å²) >= 11 is 0. The second kappa shape index (κ2) is 7.44. The Bertz CT molecular complexity index is 375. The molecule has 4 fully saturated rings. The van der Waals surface area contributed by atoms with Crippen LogP contribution in [-0.4, -0.2) is 29.3 Å². The summed E-state index contributed by atoms with van der Waals surface area (Å²) in [4.78, 5) is 15.1. The number of rotatable bonds is 7. The highest BCUT2D eigenvalue weighted by Gasteiger charge is 2.51. The average molecular weight is 342 g/mol. The molecule has 0 aromatic heterocycles. The molecule has 134 valence electrons. The summed E-state index contributed by atoms with van der Waals surface area (Å²) in [7, 11) is 0. The van der Waals surface area contributed by atoms with Gasteiger partial charge in [-0.2, -0.15) is 0 Å². The van der Waals surface area contributed by atoms with Crippen LogP contribution in [0.15, 0.2) is 0 Å². The lowest BCUT2D eigenvalue weighted by Gasteiger charge is -2.56. The number of hydrogen-bond acceptors (Lipinski definition) is 2. The molecular weight excluding hydrogens is 306 g/mol. The van der Waals surface area contributed by atoms with Crippen LogP contribution in [0.1, 0.15) is 79.1 Å². The molecule has 3 heteroatoms. The highest BCUT2D eigenvalue weighted by molar-refractivity contribution is 5.85. The third-order valence-corrected chi connectivity index (χ3v) is 6.71. The first-order valence-electron chi connectivity index (χ1n) is 9.64. The van der Waals surface area contributed by atoms with Crippen LogP contribution in [-0.2, 0) is 4.79 Å². The van der Waals surface area contributed by atoms with Gasteiger partial charge in [0.2, 0.25) is 0 Å². The van der Waals surface area contributed by atoms with Gasteiger partial charge in [-0.15, -0.1) is 12.4 Å². The first-order chi connectivity index (χ1) is 10.4. The monoisotopic (exact) mass is 341 g/mol. The van der Waals surface area contributed by atoms with Gasteiger partial charge < -0.3 is 0 Å². The average Bonchev–Trinajstić information content (AvgIpc) is 2.35. The number of ketones is 1. The molecule has 2 nitrogen and oxygen atoms in total. The second-order valence-electron chi connectivity index (χ2n) is 9.31. The normalized spacial score (nSPS) is 35.2. The summed E-state index contributed by atoms with van der Waals surface area (Å²) in [5.41, 5.74) is 0.423.